The number of nitrogens with one attached hydrogen (secondary N) is 1. The molecule has 0 radical (unpaired) electrons. The number of hydrogen-bond acceptors (Lipinski definition) is 3. The molecule has 23 heavy (non-hydrogen) atoms. The van der Waals surface area contributed by atoms with Crippen molar-refractivity contribution in [2.45, 2.75) is 25.7 Å². The van der Waals surface area contributed by atoms with Crippen LogP contribution in [0.25, 0.3) is 0 Å². The second-order valence-electron chi connectivity index (χ2n) is 6.31. The highest BCUT2D eigenvalue weighted by Gasteiger charge is 2.36. The molecule has 1 heterocycles. The van der Waals surface area contributed by atoms with Crippen LogP contribution in [0.4, 0.5) is 0 Å². The Bertz CT molecular complexity index is 643. The lowest BCUT2D eigenvalue weighted by atomic mass is 9.82. The Morgan fingerprint density at radius 1 is 1.35 bits per heavy atom. The second kappa shape index (κ2) is 7.34. The first-order chi connectivity index (χ1) is 10.9. The van der Waals surface area contributed by atoms with E-state index in [4.69, 9.17) is 0 Å². The zero-order valence-corrected chi connectivity index (χ0v) is 15.1. The summed E-state index contributed by atoms with van der Waals surface area (Å²) >= 11 is 0. The summed E-state index contributed by atoms with van der Waals surface area (Å²) in [5.41, 5.74) is 1.44. The highest BCUT2D eigenvalue weighted by atomic mass is 32.2. The van der Waals surface area contributed by atoms with Crippen molar-refractivity contribution in [1.82, 2.24) is 10.2 Å². The molecule has 6 heteroatoms. The maximum absolute atomic E-state index is 11.6. The fourth-order valence-corrected chi connectivity index (χ4v) is 3.71. The van der Waals surface area contributed by atoms with E-state index in [1.165, 1.54) is 5.56 Å². The maximum atomic E-state index is 11.6. The molecule has 1 aliphatic rings. The van der Waals surface area contributed by atoms with E-state index in [9.17, 15) is 8.42 Å². The van der Waals surface area contributed by atoms with Gasteiger partial charge in [0.1, 0.15) is 0 Å². The summed E-state index contributed by atoms with van der Waals surface area (Å²) in [7, 11) is -1.20. The van der Waals surface area contributed by atoms with Gasteiger partial charge in [0.05, 0.1) is 5.75 Å². The van der Waals surface area contributed by atoms with Crippen LogP contribution in [-0.4, -0.2) is 57.5 Å². The van der Waals surface area contributed by atoms with Crippen molar-refractivity contribution >= 4 is 15.8 Å². The van der Waals surface area contributed by atoms with Crippen molar-refractivity contribution in [3.05, 3.63) is 35.9 Å². The first kappa shape index (κ1) is 17.8. The number of aliphatic imine (C=N–C) groups is 1. The van der Waals surface area contributed by atoms with E-state index < -0.39 is 9.84 Å². The summed E-state index contributed by atoms with van der Waals surface area (Å²) < 4.78 is 23.2. The standard InChI is InChI=1S/C17H27N3O2S/c1-4-23(21,22)13-11-19-16(18-3)20-12-10-17(2,14-20)15-8-6-5-7-9-15/h5-9H,4,10-14H2,1-3H3,(H,18,19). The predicted octanol–water partition coefficient (Wildman–Crippen LogP) is 1.66. The SMILES string of the molecule is CCS(=O)(=O)CCNC(=NC)N1CCC(C)(c2ccccc2)C1. The van der Waals surface area contributed by atoms with E-state index >= 15 is 0 Å². The quantitative estimate of drug-likeness (QED) is 0.656. The Morgan fingerprint density at radius 2 is 2.04 bits per heavy atom. The zero-order chi connectivity index (χ0) is 16.9. The molecule has 0 bridgehead atoms. The molecule has 0 amide bonds. The fourth-order valence-electron chi connectivity index (χ4n) is 3.01. The summed E-state index contributed by atoms with van der Waals surface area (Å²) in [4.78, 5) is 6.53. The van der Waals surface area contributed by atoms with E-state index in [2.05, 4.69) is 46.4 Å². The van der Waals surface area contributed by atoms with Crippen molar-refractivity contribution < 1.29 is 8.42 Å². The van der Waals surface area contributed by atoms with Crippen LogP contribution in [0.5, 0.6) is 0 Å². The van der Waals surface area contributed by atoms with Crippen LogP contribution < -0.4 is 5.32 Å². The van der Waals surface area contributed by atoms with Crippen molar-refractivity contribution in [2.75, 3.05) is 38.2 Å². The molecule has 1 N–H and O–H groups in total. The van der Waals surface area contributed by atoms with E-state index in [1.807, 2.05) is 6.07 Å². The largest absolute Gasteiger partial charge is 0.355 e. The van der Waals surface area contributed by atoms with Gasteiger partial charge >= 0.3 is 0 Å². The van der Waals surface area contributed by atoms with Gasteiger partial charge in [-0.25, -0.2) is 8.42 Å². The second-order valence-corrected chi connectivity index (χ2v) is 8.78. The molecule has 1 unspecified atom stereocenters. The number of guanidine groups is 1. The molecule has 0 saturated carbocycles. The van der Waals surface area contributed by atoms with Crippen LogP contribution in [0, 0.1) is 0 Å². The molecule has 1 aromatic rings. The molecule has 1 aromatic carbocycles. The zero-order valence-electron chi connectivity index (χ0n) is 14.2. The maximum Gasteiger partial charge on any atom is 0.193 e. The number of sulfone groups is 1. The average Bonchev–Trinajstić information content (AvgIpc) is 2.96. The van der Waals surface area contributed by atoms with E-state index in [-0.39, 0.29) is 16.9 Å². The number of benzene rings is 1. The first-order valence-corrected chi connectivity index (χ1v) is 9.94. The topological polar surface area (TPSA) is 61.8 Å². The summed E-state index contributed by atoms with van der Waals surface area (Å²) in [5.74, 6) is 1.12. The van der Waals surface area contributed by atoms with E-state index in [0.29, 0.717) is 6.54 Å². The third kappa shape index (κ3) is 4.47. The molecule has 1 atom stereocenters. The normalized spacial score (nSPS) is 22.4. The molecule has 1 saturated heterocycles. The summed E-state index contributed by atoms with van der Waals surface area (Å²) in [5, 5.41) is 3.19. The highest BCUT2D eigenvalue weighted by Crippen LogP contribution is 2.33. The van der Waals surface area contributed by atoms with Gasteiger partial charge in [0.25, 0.3) is 0 Å². The Hall–Kier alpha value is -1.56. The van der Waals surface area contributed by atoms with Crippen molar-refractivity contribution in [3.63, 3.8) is 0 Å². The van der Waals surface area contributed by atoms with Gasteiger partial charge in [-0.15, -0.1) is 0 Å². The Labute approximate surface area is 139 Å². The molecular formula is C17H27N3O2S. The Kier molecular flexibility index (Phi) is 5.68. The van der Waals surface area contributed by atoms with Gasteiger partial charge in [0, 0.05) is 37.8 Å². The van der Waals surface area contributed by atoms with Gasteiger partial charge in [-0.3, -0.25) is 4.99 Å². The third-order valence-corrected chi connectivity index (χ3v) is 6.30. The Balaban J connectivity index is 1.97. The number of nitrogens with zero attached hydrogens (tertiary/aromatic N) is 2. The summed E-state index contributed by atoms with van der Waals surface area (Å²) in [6, 6.07) is 10.5. The van der Waals surface area contributed by atoms with Crippen molar-refractivity contribution in [2.24, 2.45) is 4.99 Å². The number of rotatable bonds is 5. The molecule has 1 fully saturated rings. The first-order valence-electron chi connectivity index (χ1n) is 8.12. The van der Waals surface area contributed by atoms with Gasteiger partial charge in [-0.05, 0) is 12.0 Å². The minimum atomic E-state index is -2.95. The number of hydrogen-bond donors (Lipinski definition) is 1. The van der Waals surface area contributed by atoms with Gasteiger partial charge in [-0.2, -0.15) is 0 Å². The Morgan fingerprint density at radius 3 is 2.65 bits per heavy atom. The van der Waals surface area contributed by atoms with Crippen molar-refractivity contribution in [3.8, 4) is 0 Å². The van der Waals surface area contributed by atoms with Crippen molar-refractivity contribution in [1.29, 1.82) is 0 Å². The molecule has 0 spiro atoms. The predicted molar refractivity (Wildman–Crippen MR) is 95.7 cm³/mol. The van der Waals surface area contributed by atoms with Crippen LogP contribution in [0.15, 0.2) is 35.3 Å². The van der Waals surface area contributed by atoms with E-state index in [1.54, 1.807) is 14.0 Å². The molecule has 0 aliphatic carbocycles. The summed E-state index contributed by atoms with van der Waals surface area (Å²) in [6.07, 6.45) is 1.06. The lowest BCUT2D eigenvalue weighted by Gasteiger charge is -2.27. The van der Waals surface area contributed by atoms with Gasteiger partial charge in [0.2, 0.25) is 0 Å². The minimum Gasteiger partial charge on any atom is -0.355 e. The number of likely N-dealkylation sites (tertiary alicyclic amines) is 1. The molecule has 128 valence electrons. The summed E-state index contributed by atoms with van der Waals surface area (Å²) in [6.45, 7) is 6.16. The molecule has 2 rings (SSSR count). The monoisotopic (exact) mass is 337 g/mol. The third-order valence-electron chi connectivity index (χ3n) is 4.59. The van der Waals surface area contributed by atoms with Crippen LogP contribution in [-0.2, 0) is 15.3 Å². The van der Waals surface area contributed by atoms with Gasteiger partial charge < -0.3 is 10.2 Å². The van der Waals surface area contributed by atoms with Crippen LogP contribution in [0.1, 0.15) is 25.8 Å². The lowest BCUT2D eigenvalue weighted by Crippen LogP contribution is -2.43. The molecule has 5 nitrogen and oxygen atoms in total. The smallest absolute Gasteiger partial charge is 0.193 e. The molecular weight excluding hydrogens is 310 g/mol. The van der Waals surface area contributed by atoms with Gasteiger partial charge in [-0.1, -0.05) is 44.2 Å². The fraction of sp³-hybridized carbons (Fsp3) is 0.588. The average molecular weight is 337 g/mol. The highest BCUT2D eigenvalue weighted by molar-refractivity contribution is 7.91. The molecule has 1 aliphatic heterocycles. The van der Waals surface area contributed by atoms with Crippen LogP contribution in [0.3, 0.4) is 0 Å². The van der Waals surface area contributed by atoms with E-state index in [0.717, 1.165) is 25.5 Å². The van der Waals surface area contributed by atoms with Gasteiger partial charge in [0.15, 0.2) is 15.8 Å². The van der Waals surface area contributed by atoms with Crippen LogP contribution in [0.2, 0.25) is 0 Å². The molecule has 0 aromatic heterocycles. The minimum absolute atomic E-state index is 0.106. The lowest BCUT2D eigenvalue weighted by molar-refractivity contribution is 0.440. The van der Waals surface area contributed by atoms with Crippen LogP contribution >= 0.6 is 0 Å².